The molecule has 0 saturated carbocycles. The molecule has 0 spiro atoms. The summed E-state index contributed by atoms with van der Waals surface area (Å²) in [5.41, 5.74) is 2.04. The molecule has 0 aliphatic rings. The number of aromatic nitrogens is 1. The van der Waals surface area contributed by atoms with Gasteiger partial charge in [-0.05, 0) is 47.4 Å². The molecule has 3 N–H and O–H groups in total. The van der Waals surface area contributed by atoms with Gasteiger partial charge in [0.2, 0.25) is 0 Å². The second-order valence-corrected chi connectivity index (χ2v) is 8.85. The summed E-state index contributed by atoms with van der Waals surface area (Å²) >= 11 is 0. The fraction of sp³-hybridized carbons (Fsp3) is 0.211. The van der Waals surface area contributed by atoms with Gasteiger partial charge in [-0.25, -0.2) is 13.2 Å². The van der Waals surface area contributed by atoms with E-state index in [9.17, 15) is 13.2 Å². The van der Waals surface area contributed by atoms with Gasteiger partial charge in [-0.1, -0.05) is 32.9 Å². The maximum Gasteiger partial charge on any atom is 0.352 e. The fourth-order valence-electron chi connectivity index (χ4n) is 2.66. The maximum atomic E-state index is 12.6. The Morgan fingerprint density at radius 3 is 2.27 bits per heavy atom. The Morgan fingerprint density at radius 2 is 1.69 bits per heavy atom. The van der Waals surface area contributed by atoms with E-state index in [1.165, 1.54) is 6.07 Å². The largest absolute Gasteiger partial charge is 0.477 e. The lowest BCUT2D eigenvalue weighted by molar-refractivity contribution is 0.0691. The molecule has 7 heteroatoms. The maximum absolute atomic E-state index is 12.6. The highest BCUT2D eigenvalue weighted by Crippen LogP contribution is 2.25. The van der Waals surface area contributed by atoms with Crippen molar-refractivity contribution in [1.82, 2.24) is 4.98 Å². The zero-order chi connectivity index (χ0) is 19.1. The van der Waals surface area contributed by atoms with Crippen molar-refractivity contribution in [3.05, 3.63) is 59.8 Å². The first-order valence-corrected chi connectivity index (χ1v) is 9.54. The summed E-state index contributed by atoms with van der Waals surface area (Å²) in [5, 5.41) is 9.64. The summed E-state index contributed by atoms with van der Waals surface area (Å²) < 4.78 is 27.7. The number of carboxylic acid groups (broad SMARTS) is 1. The number of rotatable bonds is 4. The normalized spacial score (nSPS) is 12.3. The summed E-state index contributed by atoms with van der Waals surface area (Å²) in [6, 6.07) is 13.1. The number of carbonyl (C=O) groups is 1. The summed E-state index contributed by atoms with van der Waals surface area (Å²) in [4.78, 5) is 14.0. The van der Waals surface area contributed by atoms with Crippen LogP contribution in [0.3, 0.4) is 0 Å². The van der Waals surface area contributed by atoms with Crippen LogP contribution in [0.4, 0.5) is 5.69 Å². The van der Waals surface area contributed by atoms with Crippen molar-refractivity contribution in [2.45, 2.75) is 31.1 Å². The van der Waals surface area contributed by atoms with Gasteiger partial charge in [0, 0.05) is 16.6 Å². The monoisotopic (exact) mass is 372 g/mol. The minimum Gasteiger partial charge on any atom is -0.477 e. The Hall–Kier alpha value is -2.80. The Morgan fingerprint density at radius 1 is 1.04 bits per heavy atom. The minimum absolute atomic E-state index is 0.0535. The number of anilines is 1. The first-order valence-electron chi connectivity index (χ1n) is 8.06. The summed E-state index contributed by atoms with van der Waals surface area (Å²) in [6.07, 6.45) is 0. The lowest BCUT2D eigenvalue weighted by atomic mass is 9.87. The van der Waals surface area contributed by atoms with E-state index in [-0.39, 0.29) is 16.0 Å². The van der Waals surface area contributed by atoms with E-state index in [1.54, 1.807) is 30.3 Å². The number of aromatic amines is 1. The molecule has 6 nitrogen and oxygen atoms in total. The van der Waals surface area contributed by atoms with Gasteiger partial charge in [0.25, 0.3) is 10.0 Å². The Labute approximate surface area is 151 Å². The zero-order valence-corrected chi connectivity index (χ0v) is 15.5. The van der Waals surface area contributed by atoms with Gasteiger partial charge in [0.15, 0.2) is 0 Å². The van der Waals surface area contributed by atoms with Crippen LogP contribution in [0.15, 0.2) is 53.4 Å². The number of fused-ring (bicyclic) bond motifs is 1. The number of nitrogens with one attached hydrogen (secondary N) is 2. The number of sulfonamides is 1. The second kappa shape index (κ2) is 6.17. The summed E-state index contributed by atoms with van der Waals surface area (Å²) in [7, 11) is -3.73. The molecule has 0 aliphatic heterocycles. The highest BCUT2D eigenvalue weighted by molar-refractivity contribution is 7.92. The number of benzene rings is 2. The molecule has 0 unspecified atom stereocenters. The molecule has 0 atom stereocenters. The van der Waals surface area contributed by atoms with Crippen LogP contribution < -0.4 is 4.72 Å². The van der Waals surface area contributed by atoms with Crippen LogP contribution in [-0.4, -0.2) is 24.5 Å². The highest BCUT2D eigenvalue weighted by atomic mass is 32.2. The topological polar surface area (TPSA) is 99.3 Å². The van der Waals surface area contributed by atoms with Crippen LogP contribution in [-0.2, 0) is 15.4 Å². The van der Waals surface area contributed by atoms with Crippen LogP contribution in [0, 0.1) is 0 Å². The van der Waals surface area contributed by atoms with Crippen molar-refractivity contribution in [3.63, 3.8) is 0 Å². The van der Waals surface area contributed by atoms with Crippen molar-refractivity contribution < 1.29 is 18.3 Å². The second-order valence-electron chi connectivity index (χ2n) is 7.17. The average Bonchev–Trinajstić information content (AvgIpc) is 2.97. The van der Waals surface area contributed by atoms with Gasteiger partial charge in [-0.2, -0.15) is 0 Å². The van der Waals surface area contributed by atoms with Gasteiger partial charge in [0.05, 0.1) is 4.90 Å². The van der Waals surface area contributed by atoms with Crippen LogP contribution >= 0.6 is 0 Å². The van der Waals surface area contributed by atoms with E-state index in [4.69, 9.17) is 5.11 Å². The van der Waals surface area contributed by atoms with E-state index in [2.05, 4.69) is 30.5 Å². The first kappa shape index (κ1) is 18.0. The molecule has 0 saturated heterocycles. The highest BCUT2D eigenvalue weighted by Gasteiger charge is 2.18. The van der Waals surface area contributed by atoms with Crippen LogP contribution in [0.2, 0.25) is 0 Å². The fourth-order valence-corrected chi connectivity index (χ4v) is 3.71. The van der Waals surface area contributed by atoms with Gasteiger partial charge in [-0.3, -0.25) is 4.72 Å². The predicted octanol–water partition coefficient (Wildman–Crippen LogP) is 3.96. The van der Waals surface area contributed by atoms with Crippen molar-refractivity contribution in [2.24, 2.45) is 0 Å². The van der Waals surface area contributed by atoms with Gasteiger partial charge in [0.1, 0.15) is 5.69 Å². The van der Waals surface area contributed by atoms with Gasteiger partial charge < -0.3 is 10.1 Å². The third-order valence-electron chi connectivity index (χ3n) is 4.13. The van der Waals surface area contributed by atoms with E-state index in [0.29, 0.717) is 16.6 Å². The number of H-pyrrole nitrogens is 1. The molecule has 0 aliphatic carbocycles. The smallest absolute Gasteiger partial charge is 0.352 e. The Kier molecular flexibility index (Phi) is 4.28. The SMILES string of the molecule is CC(C)(C)c1ccc(S(=O)(=O)Nc2ccc3[nH]c(C(=O)O)cc3c2)cc1. The van der Waals surface area contributed by atoms with Crippen molar-refractivity contribution in [3.8, 4) is 0 Å². The van der Waals surface area contributed by atoms with E-state index in [0.717, 1.165) is 5.56 Å². The third-order valence-corrected chi connectivity index (χ3v) is 5.53. The lowest BCUT2D eigenvalue weighted by Gasteiger charge is -2.19. The molecule has 0 bridgehead atoms. The van der Waals surface area contributed by atoms with Gasteiger partial charge in [-0.15, -0.1) is 0 Å². The van der Waals surface area contributed by atoms with Crippen LogP contribution in [0.5, 0.6) is 0 Å². The van der Waals surface area contributed by atoms with E-state index < -0.39 is 16.0 Å². The molecular weight excluding hydrogens is 352 g/mol. The standard InChI is InChI=1S/C19H20N2O4S/c1-19(2,3)13-4-7-15(8-5-13)26(24,25)21-14-6-9-16-12(10-14)11-17(20-16)18(22)23/h4-11,20-21H,1-3H3,(H,22,23). The number of hydrogen-bond acceptors (Lipinski definition) is 3. The van der Waals surface area contributed by atoms with E-state index >= 15 is 0 Å². The molecular formula is C19H20N2O4S. The van der Waals surface area contributed by atoms with Crippen molar-refractivity contribution in [2.75, 3.05) is 4.72 Å². The van der Waals surface area contributed by atoms with E-state index in [1.807, 2.05) is 12.1 Å². The molecule has 1 aromatic heterocycles. The van der Waals surface area contributed by atoms with Crippen LogP contribution in [0.1, 0.15) is 36.8 Å². The Bertz CT molecular complexity index is 1070. The molecule has 136 valence electrons. The molecule has 0 amide bonds. The first-order chi connectivity index (χ1) is 12.1. The minimum atomic E-state index is -3.73. The predicted molar refractivity (Wildman–Crippen MR) is 101 cm³/mol. The zero-order valence-electron chi connectivity index (χ0n) is 14.7. The number of carboxylic acids is 1. The molecule has 3 rings (SSSR count). The van der Waals surface area contributed by atoms with Crippen molar-refractivity contribution >= 4 is 32.6 Å². The average molecular weight is 372 g/mol. The Balaban J connectivity index is 1.89. The molecule has 26 heavy (non-hydrogen) atoms. The quantitative estimate of drug-likeness (QED) is 0.645. The van der Waals surface area contributed by atoms with Crippen molar-refractivity contribution in [1.29, 1.82) is 0 Å². The molecule has 0 fully saturated rings. The summed E-state index contributed by atoms with van der Waals surface area (Å²) in [5.74, 6) is -1.07. The molecule has 3 aromatic rings. The molecule has 2 aromatic carbocycles. The van der Waals surface area contributed by atoms with Gasteiger partial charge >= 0.3 is 5.97 Å². The lowest BCUT2D eigenvalue weighted by Crippen LogP contribution is -2.14. The van der Waals surface area contributed by atoms with Crippen LogP contribution in [0.25, 0.3) is 10.9 Å². The number of aromatic carboxylic acids is 1. The summed E-state index contributed by atoms with van der Waals surface area (Å²) in [6.45, 7) is 6.19. The molecule has 1 heterocycles. The number of hydrogen-bond donors (Lipinski definition) is 3. The third kappa shape index (κ3) is 3.57. The molecule has 0 radical (unpaired) electrons.